The fourth-order valence-corrected chi connectivity index (χ4v) is 5.60. The number of sulfone groups is 1. The van der Waals surface area contributed by atoms with E-state index in [1.807, 2.05) is 6.92 Å². The molecular formula is C25H27ClF2N2O5S. The number of carbonyl (C=O) groups excluding carboxylic acids is 2. The summed E-state index contributed by atoms with van der Waals surface area (Å²) in [6.45, 7) is 2.42. The van der Waals surface area contributed by atoms with Crippen molar-refractivity contribution in [2.24, 2.45) is 5.92 Å². The second kappa shape index (κ2) is 10.4. The highest BCUT2D eigenvalue weighted by molar-refractivity contribution is 7.90. The number of nitrogens with one attached hydrogen (secondary N) is 1. The highest BCUT2D eigenvalue weighted by Crippen LogP contribution is 2.34. The van der Waals surface area contributed by atoms with Gasteiger partial charge in [-0.15, -0.1) is 0 Å². The van der Waals surface area contributed by atoms with Gasteiger partial charge < -0.3 is 15.0 Å². The van der Waals surface area contributed by atoms with Crippen LogP contribution in [0.5, 0.6) is 0 Å². The third-order valence-electron chi connectivity index (χ3n) is 6.83. The zero-order valence-electron chi connectivity index (χ0n) is 19.8. The molecule has 0 radical (unpaired) electrons. The SMILES string of the molecule is CC[C@@H]1CC[C@H](C(=O)NC(c2cc(F)c(Cl)cc2F)C2COC2)N1C(=O)c1cccc(S(C)(=O)=O)c1. The van der Waals surface area contributed by atoms with Gasteiger partial charge in [-0.25, -0.2) is 17.2 Å². The van der Waals surface area contributed by atoms with Crippen LogP contribution >= 0.6 is 11.6 Å². The van der Waals surface area contributed by atoms with Crippen LogP contribution in [0.15, 0.2) is 41.3 Å². The molecule has 3 atom stereocenters. The van der Waals surface area contributed by atoms with Crippen LogP contribution in [0.1, 0.15) is 48.1 Å². The molecule has 1 N–H and O–H groups in total. The van der Waals surface area contributed by atoms with Gasteiger partial charge in [-0.3, -0.25) is 9.59 Å². The maximum atomic E-state index is 14.7. The number of nitrogens with zero attached hydrogens (tertiary/aromatic N) is 1. The molecule has 4 rings (SSSR count). The molecule has 2 aromatic carbocycles. The summed E-state index contributed by atoms with van der Waals surface area (Å²) in [5, 5.41) is 2.46. The van der Waals surface area contributed by atoms with Crippen molar-refractivity contribution in [2.45, 2.75) is 49.2 Å². The van der Waals surface area contributed by atoms with Crippen molar-refractivity contribution in [2.75, 3.05) is 19.5 Å². The van der Waals surface area contributed by atoms with E-state index in [-0.39, 0.29) is 46.2 Å². The third kappa shape index (κ3) is 5.26. The lowest BCUT2D eigenvalue weighted by Crippen LogP contribution is -2.52. The molecule has 2 fully saturated rings. The molecule has 2 aliphatic heterocycles. The number of halogens is 3. The Hall–Kier alpha value is -2.56. The summed E-state index contributed by atoms with van der Waals surface area (Å²) in [6.07, 6.45) is 2.61. The van der Waals surface area contributed by atoms with E-state index in [0.717, 1.165) is 18.4 Å². The van der Waals surface area contributed by atoms with Crippen LogP contribution in [0.4, 0.5) is 8.78 Å². The molecule has 194 valence electrons. The second-order valence-corrected chi connectivity index (χ2v) is 11.7. The quantitative estimate of drug-likeness (QED) is 0.538. The van der Waals surface area contributed by atoms with Gasteiger partial charge in [0.05, 0.1) is 29.2 Å². The Morgan fingerprint density at radius 2 is 1.89 bits per heavy atom. The van der Waals surface area contributed by atoms with E-state index >= 15 is 0 Å². The lowest BCUT2D eigenvalue weighted by molar-refractivity contribution is -0.128. The van der Waals surface area contributed by atoms with E-state index in [1.54, 1.807) is 0 Å². The van der Waals surface area contributed by atoms with Crippen molar-refractivity contribution in [3.05, 3.63) is 64.2 Å². The van der Waals surface area contributed by atoms with Crippen LogP contribution in [-0.4, -0.2) is 56.7 Å². The zero-order valence-corrected chi connectivity index (χ0v) is 21.4. The molecule has 1 unspecified atom stereocenters. The number of likely N-dealkylation sites (tertiary alicyclic amines) is 1. The number of hydrogen-bond acceptors (Lipinski definition) is 5. The molecule has 0 aromatic heterocycles. The number of carbonyl (C=O) groups is 2. The largest absolute Gasteiger partial charge is 0.381 e. The van der Waals surface area contributed by atoms with E-state index in [4.69, 9.17) is 16.3 Å². The Bertz CT molecular complexity index is 1290. The van der Waals surface area contributed by atoms with Crippen molar-refractivity contribution >= 4 is 33.3 Å². The molecule has 11 heteroatoms. The molecule has 7 nitrogen and oxygen atoms in total. The molecule has 0 saturated carbocycles. The highest BCUT2D eigenvalue weighted by atomic mass is 35.5. The van der Waals surface area contributed by atoms with Crippen LogP contribution in [0.2, 0.25) is 5.02 Å². The Labute approximate surface area is 213 Å². The molecule has 0 aliphatic carbocycles. The first-order valence-corrected chi connectivity index (χ1v) is 13.9. The van der Waals surface area contributed by atoms with Crippen molar-refractivity contribution in [3.8, 4) is 0 Å². The van der Waals surface area contributed by atoms with Gasteiger partial charge in [0.1, 0.15) is 17.7 Å². The maximum absolute atomic E-state index is 14.7. The summed E-state index contributed by atoms with van der Waals surface area (Å²) in [7, 11) is -3.53. The van der Waals surface area contributed by atoms with E-state index < -0.39 is 45.4 Å². The lowest BCUT2D eigenvalue weighted by atomic mass is 9.90. The van der Waals surface area contributed by atoms with Gasteiger partial charge in [0, 0.05) is 29.3 Å². The summed E-state index contributed by atoms with van der Waals surface area (Å²) in [4.78, 5) is 28.5. The Morgan fingerprint density at radius 1 is 1.17 bits per heavy atom. The maximum Gasteiger partial charge on any atom is 0.254 e. The third-order valence-corrected chi connectivity index (χ3v) is 8.23. The van der Waals surface area contributed by atoms with Gasteiger partial charge in [-0.05, 0) is 49.6 Å². The monoisotopic (exact) mass is 540 g/mol. The topological polar surface area (TPSA) is 92.8 Å². The minimum absolute atomic E-state index is 0.00637. The number of amides is 2. The molecule has 2 heterocycles. The zero-order chi connectivity index (χ0) is 26.2. The standard InChI is InChI=1S/C25H27ClF2N2O5S/c1-3-16-7-8-22(30(16)25(32)14-5-4-6-17(9-14)36(2,33)34)24(31)29-23(15-12-35-13-15)18-10-21(28)19(26)11-20(18)27/h4-6,9-11,15-16,22-23H,3,7-8,12-13H2,1-2H3,(H,29,31)/t16-,22-,23?/m1/s1. The van der Waals surface area contributed by atoms with Crippen LogP contribution in [0, 0.1) is 17.6 Å². The Balaban J connectivity index is 1.62. The molecule has 0 bridgehead atoms. The number of ether oxygens (including phenoxy) is 1. The fraction of sp³-hybridized carbons (Fsp3) is 0.440. The lowest BCUT2D eigenvalue weighted by Gasteiger charge is -2.36. The van der Waals surface area contributed by atoms with Crippen LogP contribution in [0.3, 0.4) is 0 Å². The minimum Gasteiger partial charge on any atom is -0.381 e. The van der Waals surface area contributed by atoms with Crippen LogP contribution in [-0.2, 0) is 19.4 Å². The number of hydrogen-bond donors (Lipinski definition) is 1. The van der Waals surface area contributed by atoms with Gasteiger partial charge in [-0.2, -0.15) is 0 Å². The highest BCUT2D eigenvalue weighted by Gasteiger charge is 2.42. The van der Waals surface area contributed by atoms with Crippen LogP contribution in [0.25, 0.3) is 0 Å². The van der Waals surface area contributed by atoms with Gasteiger partial charge in [0.15, 0.2) is 9.84 Å². The predicted octanol–water partition coefficient (Wildman–Crippen LogP) is 3.91. The molecule has 36 heavy (non-hydrogen) atoms. The first-order valence-electron chi connectivity index (χ1n) is 11.7. The van der Waals surface area contributed by atoms with Crippen LogP contribution < -0.4 is 5.32 Å². The summed E-state index contributed by atoms with van der Waals surface area (Å²) >= 11 is 5.70. The van der Waals surface area contributed by atoms with Crippen molar-refractivity contribution in [1.29, 1.82) is 0 Å². The summed E-state index contributed by atoms with van der Waals surface area (Å²) < 4.78 is 58.1. The molecule has 2 aliphatic rings. The molecule has 2 saturated heterocycles. The second-order valence-electron chi connectivity index (χ2n) is 9.24. The smallest absolute Gasteiger partial charge is 0.254 e. The Morgan fingerprint density at radius 3 is 2.50 bits per heavy atom. The van der Waals surface area contributed by atoms with Gasteiger partial charge in [0.25, 0.3) is 5.91 Å². The summed E-state index contributed by atoms with van der Waals surface area (Å²) in [5.74, 6) is -2.78. The van der Waals surface area contributed by atoms with E-state index in [0.29, 0.717) is 19.3 Å². The summed E-state index contributed by atoms with van der Waals surface area (Å²) in [5.41, 5.74) is 0.119. The molecule has 0 spiro atoms. The van der Waals surface area contributed by atoms with Gasteiger partial charge in [-0.1, -0.05) is 24.6 Å². The minimum atomic E-state index is -3.53. The molecule has 2 amide bonds. The Kier molecular flexibility index (Phi) is 7.68. The summed E-state index contributed by atoms with van der Waals surface area (Å²) in [6, 6.07) is 5.60. The van der Waals surface area contributed by atoms with Gasteiger partial charge >= 0.3 is 0 Å². The molecular weight excluding hydrogens is 514 g/mol. The van der Waals surface area contributed by atoms with Crippen molar-refractivity contribution in [1.82, 2.24) is 10.2 Å². The fourth-order valence-electron chi connectivity index (χ4n) is 4.78. The normalized spacial score (nSPS) is 21.2. The first kappa shape index (κ1) is 26.5. The predicted molar refractivity (Wildman–Crippen MR) is 129 cm³/mol. The van der Waals surface area contributed by atoms with E-state index in [2.05, 4.69) is 5.32 Å². The number of benzene rings is 2. The van der Waals surface area contributed by atoms with Crippen molar-refractivity contribution in [3.63, 3.8) is 0 Å². The average molecular weight is 541 g/mol. The van der Waals surface area contributed by atoms with Crippen molar-refractivity contribution < 1.29 is 31.5 Å². The van der Waals surface area contributed by atoms with Gasteiger partial charge in [0.2, 0.25) is 5.91 Å². The first-order chi connectivity index (χ1) is 17.0. The molecule has 2 aromatic rings. The van der Waals surface area contributed by atoms with E-state index in [9.17, 15) is 26.8 Å². The van der Waals surface area contributed by atoms with E-state index in [1.165, 1.54) is 29.2 Å². The number of rotatable bonds is 7. The average Bonchev–Trinajstić information content (AvgIpc) is 3.23.